The summed E-state index contributed by atoms with van der Waals surface area (Å²) in [5.74, 6) is 1.80. The summed E-state index contributed by atoms with van der Waals surface area (Å²) >= 11 is 0. The second-order valence-corrected chi connectivity index (χ2v) is 6.05. The maximum atomic E-state index is 6.24. The lowest BCUT2D eigenvalue weighted by Gasteiger charge is -2.35. The van der Waals surface area contributed by atoms with Crippen LogP contribution in [0.25, 0.3) is 10.8 Å². The van der Waals surface area contributed by atoms with E-state index in [-0.39, 0.29) is 0 Å². The number of nitrogens with zero attached hydrogens (tertiary/aromatic N) is 5. The third-order valence-corrected chi connectivity index (χ3v) is 4.60. The zero-order chi connectivity index (χ0) is 16.5. The van der Waals surface area contributed by atoms with Crippen molar-refractivity contribution in [1.29, 1.82) is 0 Å². The van der Waals surface area contributed by atoms with Crippen LogP contribution >= 0.6 is 0 Å². The quantitative estimate of drug-likeness (QED) is 0.730. The zero-order valence-electron chi connectivity index (χ0n) is 13.7. The van der Waals surface area contributed by atoms with Gasteiger partial charge in [0.1, 0.15) is 5.82 Å². The summed E-state index contributed by atoms with van der Waals surface area (Å²) in [5.41, 5.74) is 8.19. The van der Waals surface area contributed by atoms with Crippen molar-refractivity contribution >= 4 is 28.2 Å². The Morgan fingerprint density at radius 1 is 0.833 bits per heavy atom. The molecule has 0 unspecified atom stereocenters. The molecular weight excluding hydrogens is 300 g/mol. The van der Waals surface area contributed by atoms with Gasteiger partial charge in [0.25, 0.3) is 0 Å². The lowest BCUT2D eigenvalue weighted by Crippen LogP contribution is -2.47. The first kappa shape index (κ1) is 14.7. The van der Waals surface area contributed by atoms with Crippen LogP contribution in [0.1, 0.15) is 5.56 Å². The maximum Gasteiger partial charge on any atom is 0.225 e. The van der Waals surface area contributed by atoms with E-state index in [1.54, 1.807) is 12.4 Å². The van der Waals surface area contributed by atoms with Gasteiger partial charge in [0, 0.05) is 61.2 Å². The SMILES string of the molecule is Cc1ccc2c(N3CCN(c4ncccn4)CC3)nccc2c1N. The fourth-order valence-corrected chi connectivity index (χ4v) is 3.20. The van der Waals surface area contributed by atoms with Gasteiger partial charge in [-0.15, -0.1) is 0 Å². The number of rotatable bonds is 2. The molecule has 0 bridgehead atoms. The summed E-state index contributed by atoms with van der Waals surface area (Å²) in [5, 5.41) is 2.19. The summed E-state index contributed by atoms with van der Waals surface area (Å²) in [6.07, 6.45) is 5.41. The zero-order valence-corrected chi connectivity index (χ0v) is 13.7. The minimum Gasteiger partial charge on any atom is -0.398 e. The molecule has 6 heteroatoms. The van der Waals surface area contributed by atoms with E-state index in [1.165, 1.54) is 0 Å². The Labute approximate surface area is 141 Å². The molecule has 0 amide bonds. The van der Waals surface area contributed by atoms with E-state index in [4.69, 9.17) is 5.73 Å². The van der Waals surface area contributed by atoms with Gasteiger partial charge in [-0.05, 0) is 24.6 Å². The Morgan fingerprint density at radius 2 is 1.54 bits per heavy atom. The summed E-state index contributed by atoms with van der Waals surface area (Å²) in [4.78, 5) is 17.8. The smallest absolute Gasteiger partial charge is 0.225 e. The van der Waals surface area contributed by atoms with Gasteiger partial charge in [-0.1, -0.05) is 12.1 Å². The number of hydrogen-bond acceptors (Lipinski definition) is 6. The van der Waals surface area contributed by atoms with Crippen molar-refractivity contribution in [3.8, 4) is 0 Å². The van der Waals surface area contributed by atoms with Crippen LogP contribution in [0.4, 0.5) is 17.5 Å². The number of nitrogen functional groups attached to an aromatic ring is 1. The van der Waals surface area contributed by atoms with Gasteiger partial charge in [0.15, 0.2) is 0 Å². The molecule has 0 radical (unpaired) electrons. The van der Waals surface area contributed by atoms with Crippen LogP contribution in [0.2, 0.25) is 0 Å². The van der Waals surface area contributed by atoms with Gasteiger partial charge in [-0.2, -0.15) is 0 Å². The number of fused-ring (bicyclic) bond motifs is 1. The van der Waals surface area contributed by atoms with Crippen molar-refractivity contribution < 1.29 is 0 Å². The molecule has 2 N–H and O–H groups in total. The molecule has 0 saturated carbocycles. The summed E-state index contributed by atoms with van der Waals surface area (Å²) in [7, 11) is 0. The van der Waals surface area contributed by atoms with Gasteiger partial charge in [-0.3, -0.25) is 0 Å². The molecule has 1 fully saturated rings. The molecular formula is C18H20N6. The monoisotopic (exact) mass is 320 g/mol. The topological polar surface area (TPSA) is 71.2 Å². The van der Waals surface area contributed by atoms with Crippen molar-refractivity contribution in [1.82, 2.24) is 15.0 Å². The standard InChI is InChI=1S/C18H20N6/c1-13-3-4-15-14(16(13)19)5-8-20-17(15)23-9-11-24(12-10-23)18-21-6-2-7-22-18/h2-8H,9-12,19H2,1H3. The first-order valence-electron chi connectivity index (χ1n) is 8.15. The van der Waals surface area contributed by atoms with Gasteiger partial charge in [0.2, 0.25) is 5.95 Å². The molecule has 122 valence electrons. The van der Waals surface area contributed by atoms with E-state index in [0.29, 0.717) is 0 Å². The molecule has 3 aromatic rings. The fraction of sp³-hybridized carbons (Fsp3) is 0.278. The van der Waals surface area contributed by atoms with E-state index in [1.807, 2.05) is 25.3 Å². The third kappa shape index (κ3) is 2.50. The van der Waals surface area contributed by atoms with E-state index in [2.05, 4.69) is 36.9 Å². The lowest BCUT2D eigenvalue weighted by atomic mass is 10.1. The Kier molecular flexibility index (Phi) is 3.65. The van der Waals surface area contributed by atoms with E-state index in [0.717, 1.165) is 60.0 Å². The van der Waals surface area contributed by atoms with Gasteiger partial charge in [-0.25, -0.2) is 15.0 Å². The van der Waals surface area contributed by atoms with Crippen LogP contribution in [0, 0.1) is 6.92 Å². The summed E-state index contributed by atoms with van der Waals surface area (Å²) in [6.45, 7) is 5.57. The molecule has 0 aliphatic carbocycles. The molecule has 1 aliphatic rings. The maximum absolute atomic E-state index is 6.24. The van der Waals surface area contributed by atoms with Crippen molar-refractivity contribution in [2.45, 2.75) is 6.92 Å². The number of benzene rings is 1. The second-order valence-electron chi connectivity index (χ2n) is 6.05. The van der Waals surface area contributed by atoms with Gasteiger partial charge < -0.3 is 15.5 Å². The highest BCUT2D eigenvalue weighted by Crippen LogP contribution is 2.31. The Morgan fingerprint density at radius 3 is 2.29 bits per heavy atom. The van der Waals surface area contributed by atoms with Crippen LogP contribution in [0.5, 0.6) is 0 Å². The normalized spacial score (nSPS) is 15.0. The van der Waals surface area contributed by atoms with Gasteiger partial charge in [0.05, 0.1) is 0 Å². The minimum absolute atomic E-state index is 0.794. The van der Waals surface area contributed by atoms with Crippen LogP contribution in [0.3, 0.4) is 0 Å². The Bertz CT molecular complexity index is 856. The highest BCUT2D eigenvalue weighted by atomic mass is 15.3. The van der Waals surface area contributed by atoms with E-state index in [9.17, 15) is 0 Å². The van der Waals surface area contributed by atoms with Crippen molar-refractivity contribution in [2.24, 2.45) is 0 Å². The van der Waals surface area contributed by atoms with Crippen molar-refractivity contribution in [3.63, 3.8) is 0 Å². The van der Waals surface area contributed by atoms with Crippen LogP contribution in [-0.2, 0) is 0 Å². The highest BCUT2D eigenvalue weighted by Gasteiger charge is 2.21. The predicted molar refractivity (Wildman–Crippen MR) is 97.4 cm³/mol. The number of nitrogens with two attached hydrogens (primary N) is 1. The number of hydrogen-bond donors (Lipinski definition) is 1. The fourth-order valence-electron chi connectivity index (χ4n) is 3.20. The number of piperazine rings is 1. The van der Waals surface area contributed by atoms with Crippen molar-refractivity contribution in [3.05, 3.63) is 48.4 Å². The molecule has 0 spiro atoms. The van der Waals surface area contributed by atoms with Gasteiger partial charge >= 0.3 is 0 Å². The molecule has 24 heavy (non-hydrogen) atoms. The summed E-state index contributed by atoms with van der Waals surface area (Å²) < 4.78 is 0. The molecule has 1 aromatic carbocycles. The third-order valence-electron chi connectivity index (χ3n) is 4.60. The van der Waals surface area contributed by atoms with E-state index >= 15 is 0 Å². The lowest BCUT2D eigenvalue weighted by molar-refractivity contribution is 0.636. The average Bonchev–Trinajstić information content (AvgIpc) is 2.65. The number of anilines is 3. The number of aryl methyl sites for hydroxylation is 1. The first-order valence-corrected chi connectivity index (χ1v) is 8.15. The molecule has 0 atom stereocenters. The molecule has 2 aromatic heterocycles. The van der Waals surface area contributed by atoms with Crippen LogP contribution in [0.15, 0.2) is 42.9 Å². The molecule has 1 aliphatic heterocycles. The predicted octanol–water partition coefficient (Wildman–Crippen LogP) is 2.24. The summed E-state index contributed by atoms with van der Waals surface area (Å²) in [6, 6.07) is 8.02. The highest BCUT2D eigenvalue weighted by molar-refractivity contribution is 6.00. The number of aromatic nitrogens is 3. The van der Waals surface area contributed by atoms with E-state index < -0.39 is 0 Å². The molecule has 1 saturated heterocycles. The Hall–Kier alpha value is -2.89. The van der Waals surface area contributed by atoms with Crippen LogP contribution < -0.4 is 15.5 Å². The van der Waals surface area contributed by atoms with Crippen LogP contribution in [-0.4, -0.2) is 41.1 Å². The molecule has 4 rings (SSSR count). The second kappa shape index (κ2) is 5.96. The molecule has 3 heterocycles. The average molecular weight is 320 g/mol. The minimum atomic E-state index is 0.794. The largest absolute Gasteiger partial charge is 0.398 e. The molecule has 6 nitrogen and oxygen atoms in total. The Balaban J connectivity index is 1.60. The van der Waals surface area contributed by atoms with Crippen molar-refractivity contribution in [2.75, 3.05) is 41.7 Å². The first-order chi connectivity index (χ1) is 11.7. The number of pyridine rings is 1.